The highest BCUT2D eigenvalue weighted by atomic mass is 35.5. The number of thioether (sulfide) groups is 1. The van der Waals surface area contributed by atoms with Crippen LogP contribution in [0.3, 0.4) is 0 Å². The van der Waals surface area contributed by atoms with Crippen molar-refractivity contribution in [1.82, 2.24) is 15.0 Å². The van der Waals surface area contributed by atoms with Gasteiger partial charge in [0.2, 0.25) is 5.89 Å². The van der Waals surface area contributed by atoms with Crippen molar-refractivity contribution in [2.45, 2.75) is 10.8 Å². The number of halogens is 1. The van der Waals surface area contributed by atoms with Gasteiger partial charge >= 0.3 is 0 Å². The van der Waals surface area contributed by atoms with Gasteiger partial charge in [0.25, 0.3) is 0 Å². The fraction of sp³-hybridized carbons (Fsp3) is 0.0500. The Balaban J connectivity index is 1.64. The van der Waals surface area contributed by atoms with E-state index in [2.05, 4.69) is 21.0 Å². The number of nitriles is 2. The van der Waals surface area contributed by atoms with Gasteiger partial charge in [0.15, 0.2) is 0 Å². The molecule has 2 N–H and O–H groups in total. The van der Waals surface area contributed by atoms with Crippen molar-refractivity contribution >= 4 is 40.5 Å². The molecule has 146 valence electrons. The van der Waals surface area contributed by atoms with Crippen LogP contribution in [0, 0.1) is 22.7 Å². The van der Waals surface area contributed by atoms with Crippen molar-refractivity contribution in [2.24, 2.45) is 0 Å². The Labute approximate surface area is 184 Å². The highest BCUT2D eigenvalue weighted by Crippen LogP contribution is 2.38. The number of nitrogens with two attached hydrogens (primary N) is 1. The van der Waals surface area contributed by atoms with E-state index < -0.39 is 0 Å². The maximum absolute atomic E-state index is 9.77. The molecule has 0 unspecified atom stereocenters. The topological polar surface area (TPSA) is 125 Å². The number of nitrogen functional groups attached to an aromatic ring is 1. The van der Waals surface area contributed by atoms with Crippen LogP contribution < -0.4 is 5.73 Å². The van der Waals surface area contributed by atoms with Gasteiger partial charge in [-0.1, -0.05) is 23.4 Å². The van der Waals surface area contributed by atoms with E-state index in [1.165, 1.54) is 23.1 Å². The van der Waals surface area contributed by atoms with E-state index >= 15 is 0 Å². The van der Waals surface area contributed by atoms with Gasteiger partial charge in [0, 0.05) is 28.1 Å². The van der Waals surface area contributed by atoms with Crippen LogP contribution >= 0.6 is 34.7 Å². The quantitative estimate of drug-likeness (QED) is 0.414. The first kappa shape index (κ1) is 19.9. The number of anilines is 1. The zero-order valence-corrected chi connectivity index (χ0v) is 17.6. The number of rotatable bonds is 5. The van der Waals surface area contributed by atoms with Crippen molar-refractivity contribution in [3.05, 3.63) is 64.1 Å². The lowest BCUT2D eigenvalue weighted by Gasteiger charge is -2.10. The number of nitrogens with zero attached hydrogens (tertiary/aromatic N) is 5. The van der Waals surface area contributed by atoms with Gasteiger partial charge in [0.1, 0.15) is 34.8 Å². The summed E-state index contributed by atoms with van der Waals surface area (Å²) in [6.07, 6.45) is 3.16. The lowest BCUT2D eigenvalue weighted by molar-refractivity contribution is 0.573. The molecule has 0 saturated heterocycles. The number of hydrogen-bond acceptors (Lipinski definition) is 9. The molecule has 7 nitrogen and oxygen atoms in total. The molecule has 0 saturated carbocycles. The van der Waals surface area contributed by atoms with Crippen LogP contribution in [0.25, 0.3) is 21.9 Å². The zero-order chi connectivity index (χ0) is 21.1. The highest BCUT2D eigenvalue weighted by Gasteiger charge is 2.21. The summed E-state index contributed by atoms with van der Waals surface area (Å²) >= 11 is 8.54. The van der Waals surface area contributed by atoms with Crippen LogP contribution in [0.4, 0.5) is 5.82 Å². The predicted octanol–water partition coefficient (Wildman–Crippen LogP) is 5.13. The van der Waals surface area contributed by atoms with E-state index in [4.69, 9.17) is 21.8 Å². The van der Waals surface area contributed by atoms with E-state index in [0.29, 0.717) is 37.8 Å². The Morgan fingerprint density at radius 1 is 1.13 bits per heavy atom. The molecular weight excluding hydrogens is 440 g/mol. The second-order valence-corrected chi connectivity index (χ2v) is 8.24. The van der Waals surface area contributed by atoms with Gasteiger partial charge in [-0.25, -0.2) is 9.97 Å². The maximum atomic E-state index is 9.77. The molecule has 4 aromatic rings. The lowest BCUT2D eigenvalue weighted by Crippen LogP contribution is -2.03. The molecule has 4 rings (SSSR count). The van der Waals surface area contributed by atoms with Crippen molar-refractivity contribution in [2.75, 3.05) is 5.73 Å². The summed E-state index contributed by atoms with van der Waals surface area (Å²) in [5.74, 6) is 0.955. The van der Waals surface area contributed by atoms with Gasteiger partial charge in [-0.2, -0.15) is 10.5 Å². The third-order valence-electron chi connectivity index (χ3n) is 4.09. The average Bonchev–Trinajstić information content (AvgIpc) is 3.44. The molecule has 0 aliphatic carbocycles. The minimum absolute atomic E-state index is 0.0735. The van der Waals surface area contributed by atoms with E-state index in [9.17, 15) is 10.5 Å². The van der Waals surface area contributed by atoms with Crippen LogP contribution in [0.15, 0.2) is 51.7 Å². The molecule has 0 aliphatic rings. The van der Waals surface area contributed by atoms with E-state index in [1.807, 2.05) is 18.2 Å². The van der Waals surface area contributed by atoms with Crippen molar-refractivity contribution in [3.8, 4) is 34.0 Å². The predicted molar refractivity (Wildman–Crippen MR) is 116 cm³/mol. The third kappa shape index (κ3) is 3.87. The minimum atomic E-state index is 0.0735. The molecular formula is C20H11ClN6OS2. The molecule has 10 heteroatoms. The fourth-order valence-corrected chi connectivity index (χ4v) is 4.41. The monoisotopic (exact) mass is 450 g/mol. The number of hydrogen-bond donors (Lipinski definition) is 1. The van der Waals surface area contributed by atoms with Gasteiger partial charge in [-0.15, -0.1) is 11.3 Å². The Hall–Kier alpha value is -3.37. The molecule has 0 bridgehead atoms. The molecule has 30 heavy (non-hydrogen) atoms. The SMILES string of the molecule is N#Cc1c(N)nc(SCc2coc(-c3ccc(Cl)cc3)n2)c(C#N)c1-c1cncs1. The average molecular weight is 451 g/mol. The van der Waals surface area contributed by atoms with Crippen LogP contribution in [-0.2, 0) is 5.75 Å². The van der Waals surface area contributed by atoms with Gasteiger partial charge in [-0.3, -0.25) is 4.98 Å². The standard InChI is InChI=1S/C20H11ClN6OS2/c21-12-3-1-11(2-4-12)19-26-13(8-28-19)9-29-20-15(6-23)17(16-7-25-10-30-16)14(5-22)18(24)27-20/h1-4,7-8,10H,9H2,(H2,24,27). The molecule has 0 amide bonds. The molecule has 0 atom stereocenters. The largest absolute Gasteiger partial charge is 0.444 e. The second-order valence-electron chi connectivity index (χ2n) is 5.96. The molecule has 3 heterocycles. The molecule has 3 aromatic heterocycles. The van der Waals surface area contributed by atoms with Crippen molar-refractivity contribution in [1.29, 1.82) is 10.5 Å². The number of thiazole rings is 1. The summed E-state index contributed by atoms with van der Waals surface area (Å²) < 4.78 is 5.55. The molecule has 0 aliphatic heterocycles. The Morgan fingerprint density at radius 2 is 1.90 bits per heavy atom. The first-order valence-electron chi connectivity index (χ1n) is 8.46. The van der Waals surface area contributed by atoms with Crippen LogP contribution in [0.2, 0.25) is 5.02 Å². The number of benzene rings is 1. The third-order valence-corrected chi connectivity index (χ3v) is 6.15. The van der Waals surface area contributed by atoms with Crippen LogP contribution in [0.5, 0.6) is 0 Å². The highest BCUT2D eigenvalue weighted by molar-refractivity contribution is 7.98. The van der Waals surface area contributed by atoms with Gasteiger partial charge < -0.3 is 10.2 Å². The Kier molecular flexibility index (Phi) is 5.68. The Morgan fingerprint density at radius 3 is 2.57 bits per heavy atom. The van der Waals surface area contributed by atoms with E-state index in [1.54, 1.807) is 30.1 Å². The molecule has 0 radical (unpaired) electrons. The number of aromatic nitrogens is 3. The summed E-state index contributed by atoms with van der Waals surface area (Å²) in [6.45, 7) is 0. The number of pyridine rings is 1. The first-order chi connectivity index (χ1) is 14.6. The smallest absolute Gasteiger partial charge is 0.226 e. The summed E-state index contributed by atoms with van der Waals surface area (Å²) in [5.41, 5.74) is 10.0. The maximum Gasteiger partial charge on any atom is 0.226 e. The summed E-state index contributed by atoms with van der Waals surface area (Å²) in [5, 5.41) is 20.3. The first-order valence-corrected chi connectivity index (χ1v) is 10.7. The van der Waals surface area contributed by atoms with Gasteiger partial charge in [-0.05, 0) is 24.3 Å². The summed E-state index contributed by atoms with van der Waals surface area (Å²) in [4.78, 5) is 13.5. The van der Waals surface area contributed by atoms with E-state index in [-0.39, 0.29) is 16.9 Å². The van der Waals surface area contributed by atoms with E-state index in [0.717, 1.165) is 5.56 Å². The van der Waals surface area contributed by atoms with Crippen LogP contribution in [-0.4, -0.2) is 15.0 Å². The molecule has 0 fully saturated rings. The van der Waals surface area contributed by atoms with Crippen molar-refractivity contribution in [3.63, 3.8) is 0 Å². The fourth-order valence-electron chi connectivity index (χ4n) is 2.73. The second kappa shape index (κ2) is 8.56. The minimum Gasteiger partial charge on any atom is -0.444 e. The summed E-state index contributed by atoms with van der Waals surface area (Å²) in [7, 11) is 0. The summed E-state index contributed by atoms with van der Waals surface area (Å²) in [6, 6.07) is 11.4. The van der Waals surface area contributed by atoms with Crippen molar-refractivity contribution < 1.29 is 4.42 Å². The Bertz CT molecular complexity index is 1290. The van der Waals surface area contributed by atoms with Crippen LogP contribution in [0.1, 0.15) is 16.8 Å². The normalized spacial score (nSPS) is 10.5. The molecule has 1 aromatic carbocycles. The zero-order valence-electron chi connectivity index (χ0n) is 15.2. The molecule has 0 spiro atoms. The van der Waals surface area contributed by atoms with Gasteiger partial charge in [0.05, 0.1) is 21.6 Å². The number of oxazole rings is 1. The lowest BCUT2D eigenvalue weighted by atomic mass is 10.0.